The first-order valence-electron chi connectivity index (χ1n) is 5.27. The lowest BCUT2D eigenvalue weighted by Gasteiger charge is -2.29. The lowest BCUT2D eigenvalue weighted by Crippen LogP contribution is -2.24. The molecule has 82 valence electrons. The molecule has 2 atom stereocenters. The van der Waals surface area contributed by atoms with E-state index in [1.807, 2.05) is 18.2 Å². The molecule has 0 aromatic heterocycles. The van der Waals surface area contributed by atoms with Gasteiger partial charge in [-0.2, -0.15) is 0 Å². The number of hydrogen-bond acceptors (Lipinski definition) is 3. The molecule has 0 amide bonds. The second-order valence-corrected chi connectivity index (χ2v) is 3.80. The minimum absolute atomic E-state index is 0.111. The maximum atomic E-state index is 9.91. The van der Waals surface area contributed by atoms with E-state index in [2.05, 4.69) is 6.92 Å². The molecular formula is C12H16O3. The first-order chi connectivity index (χ1) is 7.24. The van der Waals surface area contributed by atoms with Crippen LogP contribution in [0.15, 0.2) is 18.2 Å². The number of aliphatic hydroxyl groups excluding tert-OH is 1. The molecule has 0 spiro atoms. The van der Waals surface area contributed by atoms with Gasteiger partial charge in [0.2, 0.25) is 0 Å². The molecule has 0 saturated carbocycles. The second-order valence-electron chi connectivity index (χ2n) is 3.80. The van der Waals surface area contributed by atoms with Gasteiger partial charge in [-0.1, -0.05) is 6.92 Å². The Morgan fingerprint density at radius 1 is 1.53 bits per heavy atom. The highest BCUT2D eigenvalue weighted by atomic mass is 16.5. The molecule has 1 aromatic rings. The molecular weight excluding hydrogens is 192 g/mol. The molecule has 0 bridgehead atoms. The van der Waals surface area contributed by atoms with Gasteiger partial charge in [0.05, 0.1) is 13.2 Å². The molecule has 1 aromatic carbocycles. The Labute approximate surface area is 89.6 Å². The average molecular weight is 208 g/mol. The van der Waals surface area contributed by atoms with Crippen LogP contribution in [0.3, 0.4) is 0 Å². The van der Waals surface area contributed by atoms with Gasteiger partial charge in [0, 0.05) is 18.1 Å². The molecule has 1 aliphatic rings. The van der Waals surface area contributed by atoms with E-state index in [4.69, 9.17) is 9.47 Å². The van der Waals surface area contributed by atoms with Crippen LogP contribution in [0.1, 0.15) is 31.4 Å². The van der Waals surface area contributed by atoms with E-state index in [0.717, 1.165) is 23.5 Å². The van der Waals surface area contributed by atoms with Crippen LogP contribution in [-0.4, -0.2) is 18.3 Å². The van der Waals surface area contributed by atoms with Crippen molar-refractivity contribution in [2.24, 2.45) is 0 Å². The van der Waals surface area contributed by atoms with Gasteiger partial charge >= 0.3 is 0 Å². The molecule has 3 heteroatoms. The number of rotatable bonds is 2. The number of aliphatic hydroxyl groups is 1. The number of fused-ring (bicyclic) bond motifs is 1. The minimum atomic E-state index is -0.412. The summed E-state index contributed by atoms with van der Waals surface area (Å²) in [6.45, 7) is 2.06. The Kier molecular flexibility index (Phi) is 2.82. The van der Waals surface area contributed by atoms with Crippen LogP contribution < -0.4 is 9.47 Å². The zero-order valence-corrected chi connectivity index (χ0v) is 9.06. The van der Waals surface area contributed by atoms with Crippen molar-refractivity contribution in [2.75, 3.05) is 7.11 Å². The van der Waals surface area contributed by atoms with Crippen LogP contribution in [0, 0.1) is 0 Å². The summed E-state index contributed by atoms with van der Waals surface area (Å²) in [6, 6.07) is 5.54. The minimum Gasteiger partial charge on any atom is -0.497 e. The summed E-state index contributed by atoms with van der Waals surface area (Å²) < 4.78 is 10.9. The standard InChI is InChI=1S/C12H16O3/c1-3-8-6-11(13)10-5-4-9(14-2)7-12(10)15-8/h4-5,7-8,11,13H,3,6H2,1-2H3/t8?,11-/m0/s1. The zero-order valence-electron chi connectivity index (χ0n) is 9.06. The summed E-state index contributed by atoms with van der Waals surface area (Å²) in [5.41, 5.74) is 0.862. The van der Waals surface area contributed by atoms with E-state index in [1.165, 1.54) is 0 Å². The normalized spacial score (nSPS) is 24.2. The first kappa shape index (κ1) is 10.3. The average Bonchev–Trinajstić information content (AvgIpc) is 2.28. The predicted octanol–water partition coefficient (Wildman–Crippen LogP) is 2.29. The van der Waals surface area contributed by atoms with Crippen LogP contribution in [0.4, 0.5) is 0 Å². The Hall–Kier alpha value is -1.22. The molecule has 1 aliphatic heterocycles. The van der Waals surface area contributed by atoms with Gasteiger partial charge < -0.3 is 14.6 Å². The zero-order chi connectivity index (χ0) is 10.8. The highest BCUT2D eigenvalue weighted by Crippen LogP contribution is 2.37. The van der Waals surface area contributed by atoms with Gasteiger partial charge in [-0.15, -0.1) is 0 Å². The number of methoxy groups -OCH3 is 1. The van der Waals surface area contributed by atoms with Crippen molar-refractivity contribution in [1.29, 1.82) is 0 Å². The van der Waals surface area contributed by atoms with Crippen LogP contribution in [-0.2, 0) is 0 Å². The van der Waals surface area contributed by atoms with Crippen molar-refractivity contribution in [3.05, 3.63) is 23.8 Å². The van der Waals surface area contributed by atoms with Gasteiger partial charge in [0.1, 0.15) is 17.6 Å². The lowest BCUT2D eigenvalue weighted by atomic mass is 9.98. The summed E-state index contributed by atoms with van der Waals surface area (Å²) in [5.74, 6) is 1.51. The second kappa shape index (κ2) is 4.11. The van der Waals surface area contributed by atoms with Crippen LogP contribution in [0.25, 0.3) is 0 Å². The summed E-state index contributed by atoms with van der Waals surface area (Å²) in [4.78, 5) is 0. The van der Waals surface area contributed by atoms with Crippen molar-refractivity contribution in [3.8, 4) is 11.5 Å². The summed E-state index contributed by atoms with van der Waals surface area (Å²) in [5, 5.41) is 9.91. The third kappa shape index (κ3) is 1.92. The van der Waals surface area contributed by atoms with E-state index < -0.39 is 6.10 Å². The predicted molar refractivity (Wildman–Crippen MR) is 57.3 cm³/mol. The Bertz CT molecular complexity index is 349. The summed E-state index contributed by atoms with van der Waals surface area (Å²) >= 11 is 0. The molecule has 0 radical (unpaired) electrons. The highest BCUT2D eigenvalue weighted by molar-refractivity contribution is 5.43. The number of ether oxygens (including phenoxy) is 2. The van der Waals surface area contributed by atoms with Crippen molar-refractivity contribution in [1.82, 2.24) is 0 Å². The molecule has 1 unspecified atom stereocenters. The smallest absolute Gasteiger partial charge is 0.129 e. The molecule has 1 N–H and O–H groups in total. The fraction of sp³-hybridized carbons (Fsp3) is 0.500. The molecule has 2 rings (SSSR count). The van der Waals surface area contributed by atoms with Gasteiger partial charge in [-0.25, -0.2) is 0 Å². The van der Waals surface area contributed by atoms with Gasteiger partial charge in [-0.05, 0) is 18.6 Å². The molecule has 0 fully saturated rings. The van der Waals surface area contributed by atoms with Gasteiger partial charge in [-0.3, -0.25) is 0 Å². The van der Waals surface area contributed by atoms with Crippen molar-refractivity contribution >= 4 is 0 Å². The lowest BCUT2D eigenvalue weighted by molar-refractivity contribution is 0.0640. The third-order valence-electron chi connectivity index (χ3n) is 2.81. The van der Waals surface area contributed by atoms with Crippen LogP contribution in [0.2, 0.25) is 0 Å². The third-order valence-corrected chi connectivity index (χ3v) is 2.81. The maximum Gasteiger partial charge on any atom is 0.129 e. The molecule has 1 heterocycles. The SMILES string of the molecule is CCC1C[C@H](O)c2ccc(OC)cc2O1. The van der Waals surface area contributed by atoms with Gasteiger partial charge in [0.15, 0.2) is 0 Å². The molecule has 0 saturated heterocycles. The van der Waals surface area contributed by atoms with Crippen LogP contribution in [0.5, 0.6) is 11.5 Å². The Morgan fingerprint density at radius 2 is 2.33 bits per heavy atom. The maximum absolute atomic E-state index is 9.91. The summed E-state index contributed by atoms with van der Waals surface area (Å²) in [7, 11) is 1.62. The Morgan fingerprint density at radius 3 is 3.00 bits per heavy atom. The summed E-state index contributed by atoms with van der Waals surface area (Å²) in [6.07, 6.45) is 1.29. The van der Waals surface area contributed by atoms with E-state index in [9.17, 15) is 5.11 Å². The van der Waals surface area contributed by atoms with E-state index in [0.29, 0.717) is 6.42 Å². The van der Waals surface area contributed by atoms with Crippen molar-refractivity contribution in [3.63, 3.8) is 0 Å². The molecule has 0 aliphatic carbocycles. The topological polar surface area (TPSA) is 38.7 Å². The highest BCUT2D eigenvalue weighted by Gasteiger charge is 2.25. The quantitative estimate of drug-likeness (QED) is 0.810. The van der Waals surface area contributed by atoms with Crippen molar-refractivity contribution < 1.29 is 14.6 Å². The molecule has 3 nitrogen and oxygen atoms in total. The van der Waals surface area contributed by atoms with Crippen molar-refractivity contribution in [2.45, 2.75) is 32.0 Å². The monoisotopic (exact) mass is 208 g/mol. The van der Waals surface area contributed by atoms with Crippen LogP contribution >= 0.6 is 0 Å². The molecule has 15 heavy (non-hydrogen) atoms. The number of hydrogen-bond donors (Lipinski definition) is 1. The fourth-order valence-electron chi connectivity index (χ4n) is 1.87. The number of benzene rings is 1. The van der Waals surface area contributed by atoms with Gasteiger partial charge in [0.25, 0.3) is 0 Å². The largest absolute Gasteiger partial charge is 0.497 e. The van der Waals surface area contributed by atoms with E-state index in [1.54, 1.807) is 7.11 Å². The first-order valence-corrected chi connectivity index (χ1v) is 5.27. The van der Waals surface area contributed by atoms with E-state index in [-0.39, 0.29) is 6.10 Å². The fourth-order valence-corrected chi connectivity index (χ4v) is 1.87. The Balaban J connectivity index is 2.33. The van der Waals surface area contributed by atoms with E-state index >= 15 is 0 Å².